The van der Waals surface area contributed by atoms with Crippen LogP contribution in [0.15, 0.2) is 53.1 Å². The number of benzene rings is 2. The lowest BCUT2D eigenvalue weighted by Crippen LogP contribution is -2.43. The number of hydrogen-bond acceptors (Lipinski definition) is 4. The maximum absolute atomic E-state index is 12.9. The standard InChI is InChI=1S/C20H18F3N3O2/c21-20(22,23)15-3-1-2-14(10-15)19(27)25-16-11-13-4-9-28-18(13)17(12-16)26-7-5-24-6-8-26/h1-4,9-12,24H,5-8H2,(H,25,27). The second kappa shape index (κ2) is 7.20. The van der Waals surface area contributed by atoms with Gasteiger partial charge in [0.2, 0.25) is 0 Å². The zero-order valence-corrected chi connectivity index (χ0v) is 14.8. The Bertz CT molecular complexity index is 1010. The molecule has 4 rings (SSSR count). The van der Waals surface area contributed by atoms with Crippen LogP contribution >= 0.6 is 0 Å². The van der Waals surface area contributed by atoms with Crippen LogP contribution < -0.4 is 15.5 Å². The largest absolute Gasteiger partial charge is 0.462 e. The molecule has 2 aromatic carbocycles. The van der Waals surface area contributed by atoms with Crippen LogP contribution in [-0.2, 0) is 6.18 Å². The Morgan fingerprint density at radius 3 is 2.64 bits per heavy atom. The molecule has 1 aromatic heterocycles. The Morgan fingerprint density at radius 1 is 1.11 bits per heavy atom. The van der Waals surface area contributed by atoms with Crippen molar-refractivity contribution >= 4 is 28.3 Å². The first-order valence-corrected chi connectivity index (χ1v) is 8.87. The number of nitrogens with one attached hydrogen (secondary N) is 2. The monoisotopic (exact) mass is 389 g/mol. The first-order chi connectivity index (χ1) is 13.4. The van der Waals surface area contributed by atoms with Gasteiger partial charge in [0, 0.05) is 42.8 Å². The number of nitrogens with zero attached hydrogens (tertiary/aromatic N) is 1. The second-order valence-electron chi connectivity index (χ2n) is 6.60. The Balaban J connectivity index is 1.64. The van der Waals surface area contributed by atoms with Crippen LogP contribution in [0.3, 0.4) is 0 Å². The van der Waals surface area contributed by atoms with Crippen LogP contribution in [0, 0.1) is 0 Å². The molecule has 0 radical (unpaired) electrons. The maximum Gasteiger partial charge on any atom is 0.416 e. The van der Waals surface area contributed by atoms with Crippen molar-refractivity contribution in [3.8, 4) is 0 Å². The molecule has 3 aromatic rings. The number of halogens is 3. The summed E-state index contributed by atoms with van der Waals surface area (Å²) < 4.78 is 44.3. The maximum atomic E-state index is 12.9. The summed E-state index contributed by atoms with van der Waals surface area (Å²) in [6.45, 7) is 3.26. The van der Waals surface area contributed by atoms with Gasteiger partial charge in [-0.25, -0.2) is 0 Å². The van der Waals surface area contributed by atoms with Crippen molar-refractivity contribution in [3.05, 3.63) is 59.9 Å². The number of anilines is 2. The van der Waals surface area contributed by atoms with E-state index in [1.54, 1.807) is 24.5 Å². The van der Waals surface area contributed by atoms with E-state index in [2.05, 4.69) is 15.5 Å². The molecule has 1 fully saturated rings. The summed E-state index contributed by atoms with van der Waals surface area (Å²) in [6, 6.07) is 9.71. The molecule has 0 saturated carbocycles. The highest BCUT2D eigenvalue weighted by Crippen LogP contribution is 2.33. The van der Waals surface area contributed by atoms with Crippen molar-refractivity contribution in [2.24, 2.45) is 0 Å². The smallest absolute Gasteiger partial charge is 0.416 e. The molecule has 2 heterocycles. The predicted octanol–water partition coefficient (Wildman–Crippen LogP) is 4.11. The van der Waals surface area contributed by atoms with E-state index in [1.165, 1.54) is 12.1 Å². The molecule has 0 aliphatic carbocycles. The highest BCUT2D eigenvalue weighted by Gasteiger charge is 2.31. The Kier molecular flexibility index (Phi) is 4.72. The third kappa shape index (κ3) is 3.68. The van der Waals surface area contributed by atoms with Crippen LogP contribution in [0.1, 0.15) is 15.9 Å². The zero-order valence-electron chi connectivity index (χ0n) is 14.8. The fraction of sp³-hybridized carbons (Fsp3) is 0.250. The molecule has 0 bridgehead atoms. The zero-order chi connectivity index (χ0) is 19.7. The van der Waals surface area contributed by atoms with Gasteiger partial charge in [-0.15, -0.1) is 0 Å². The molecule has 146 valence electrons. The van der Waals surface area contributed by atoms with Gasteiger partial charge in [-0.1, -0.05) is 6.07 Å². The van der Waals surface area contributed by atoms with Crippen LogP contribution in [0.2, 0.25) is 0 Å². The molecule has 8 heteroatoms. The van der Waals surface area contributed by atoms with Crippen LogP contribution in [0.25, 0.3) is 11.0 Å². The summed E-state index contributed by atoms with van der Waals surface area (Å²) in [5.41, 5.74) is 1.17. The molecule has 1 aliphatic rings. The number of hydrogen-bond donors (Lipinski definition) is 2. The SMILES string of the molecule is O=C(Nc1cc(N2CCNCC2)c2occc2c1)c1cccc(C(F)(F)F)c1. The van der Waals surface area contributed by atoms with Crippen molar-refractivity contribution in [2.45, 2.75) is 6.18 Å². The van der Waals surface area contributed by atoms with Gasteiger partial charge < -0.3 is 20.0 Å². The number of piperazine rings is 1. The summed E-state index contributed by atoms with van der Waals surface area (Å²) in [6.07, 6.45) is -2.92. The minimum atomic E-state index is -4.50. The van der Waals surface area contributed by atoms with E-state index < -0.39 is 17.6 Å². The van der Waals surface area contributed by atoms with Crippen molar-refractivity contribution in [1.82, 2.24) is 5.32 Å². The van der Waals surface area contributed by atoms with E-state index in [-0.39, 0.29) is 5.56 Å². The van der Waals surface area contributed by atoms with Gasteiger partial charge in [0.1, 0.15) is 0 Å². The Hall–Kier alpha value is -3.00. The number of carbonyl (C=O) groups is 1. The lowest BCUT2D eigenvalue weighted by atomic mass is 10.1. The van der Waals surface area contributed by atoms with Crippen molar-refractivity contribution in [3.63, 3.8) is 0 Å². The number of amides is 1. The van der Waals surface area contributed by atoms with Crippen LogP contribution in [-0.4, -0.2) is 32.1 Å². The van der Waals surface area contributed by atoms with Gasteiger partial charge in [-0.2, -0.15) is 13.2 Å². The van der Waals surface area contributed by atoms with E-state index in [1.807, 2.05) is 0 Å². The molecule has 1 aliphatic heterocycles. The van der Waals surface area contributed by atoms with Crippen LogP contribution in [0.4, 0.5) is 24.5 Å². The number of furan rings is 1. The first kappa shape index (κ1) is 18.4. The highest BCUT2D eigenvalue weighted by molar-refractivity contribution is 6.06. The average Bonchev–Trinajstić information content (AvgIpc) is 3.16. The molecule has 0 atom stereocenters. The molecule has 1 amide bonds. The summed E-state index contributed by atoms with van der Waals surface area (Å²) >= 11 is 0. The number of carbonyl (C=O) groups excluding carboxylic acids is 1. The van der Waals surface area contributed by atoms with E-state index in [0.717, 1.165) is 55.0 Å². The summed E-state index contributed by atoms with van der Waals surface area (Å²) in [7, 11) is 0. The fourth-order valence-electron chi connectivity index (χ4n) is 3.32. The summed E-state index contributed by atoms with van der Waals surface area (Å²) in [4.78, 5) is 14.7. The first-order valence-electron chi connectivity index (χ1n) is 8.87. The molecule has 28 heavy (non-hydrogen) atoms. The van der Waals surface area contributed by atoms with Gasteiger partial charge in [0.15, 0.2) is 5.58 Å². The van der Waals surface area contributed by atoms with Gasteiger partial charge >= 0.3 is 6.18 Å². The third-order valence-electron chi connectivity index (χ3n) is 4.70. The lowest BCUT2D eigenvalue weighted by molar-refractivity contribution is -0.137. The molecular weight excluding hydrogens is 371 g/mol. The van der Waals surface area contributed by atoms with Gasteiger partial charge in [-0.3, -0.25) is 4.79 Å². The topological polar surface area (TPSA) is 57.5 Å². The van der Waals surface area contributed by atoms with E-state index in [9.17, 15) is 18.0 Å². The van der Waals surface area contributed by atoms with Crippen molar-refractivity contribution in [1.29, 1.82) is 0 Å². The van der Waals surface area contributed by atoms with Crippen molar-refractivity contribution in [2.75, 3.05) is 36.4 Å². The van der Waals surface area contributed by atoms with Crippen molar-refractivity contribution < 1.29 is 22.4 Å². The van der Waals surface area contributed by atoms with Gasteiger partial charge in [0.05, 0.1) is 17.5 Å². The number of alkyl halides is 3. The minimum absolute atomic E-state index is 0.0501. The second-order valence-corrected chi connectivity index (χ2v) is 6.60. The Labute approximate surface area is 159 Å². The molecular formula is C20H18F3N3O2. The fourth-order valence-corrected chi connectivity index (χ4v) is 3.32. The summed E-state index contributed by atoms with van der Waals surface area (Å²) in [5.74, 6) is -0.597. The van der Waals surface area contributed by atoms with Gasteiger partial charge in [0.25, 0.3) is 5.91 Å². The van der Waals surface area contributed by atoms with Crippen LogP contribution in [0.5, 0.6) is 0 Å². The van der Waals surface area contributed by atoms with E-state index in [4.69, 9.17) is 4.42 Å². The molecule has 0 unspecified atom stereocenters. The predicted molar refractivity (Wildman–Crippen MR) is 101 cm³/mol. The van der Waals surface area contributed by atoms with Gasteiger partial charge in [-0.05, 0) is 36.4 Å². The Morgan fingerprint density at radius 2 is 1.89 bits per heavy atom. The molecule has 0 spiro atoms. The van der Waals surface area contributed by atoms with E-state index >= 15 is 0 Å². The molecule has 2 N–H and O–H groups in total. The number of rotatable bonds is 3. The molecule has 1 saturated heterocycles. The quantitative estimate of drug-likeness (QED) is 0.708. The highest BCUT2D eigenvalue weighted by atomic mass is 19.4. The lowest BCUT2D eigenvalue weighted by Gasteiger charge is -2.29. The number of fused-ring (bicyclic) bond motifs is 1. The minimum Gasteiger partial charge on any atom is -0.462 e. The third-order valence-corrected chi connectivity index (χ3v) is 4.70. The normalized spacial score (nSPS) is 15.0. The molecule has 5 nitrogen and oxygen atoms in total. The average molecular weight is 389 g/mol. The summed E-state index contributed by atoms with van der Waals surface area (Å²) in [5, 5.41) is 6.80. The van der Waals surface area contributed by atoms with E-state index in [0.29, 0.717) is 5.69 Å².